The van der Waals surface area contributed by atoms with E-state index in [1.54, 1.807) is 0 Å². The summed E-state index contributed by atoms with van der Waals surface area (Å²) in [5.74, 6) is 0.515. The number of carbonyl (C=O) groups is 1. The van der Waals surface area contributed by atoms with E-state index in [-0.39, 0.29) is 5.78 Å². The van der Waals surface area contributed by atoms with Crippen LogP contribution in [-0.2, 0) is 6.54 Å². The van der Waals surface area contributed by atoms with Gasteiger partial charge in [0, 0.05) is 16.6 Å². The molecule has 1 heterocycles. The van der Waals surface area contributed by atoms with Crippen molar-refractivity contribution in [2.45, 2.75) is 31.5 Å². The third-order valence-corrected chi connectivity index (χ3v) is 5.30. The number of benzene rings is 2. The van der Waals surface area contributed by atoms with Gasteiger partial charge in [-0.2, -0.15) is 0 Å². The van der Waals surface area contributed by atoms with Gasteiger partial charge < -0.3 is 4.57 Å². The van der Waals surface area contributed by atoms with E-state index >= 15 is 0 Å². The maximum atomic E-state index is 12.4. The Labute approximate surface area is 154 Å². The van der Waals surface area contributed by atoms with Crippen LogP contribution in [-0.4, -0.2) is 21.1 Å². The van der Waals surface area contributed by atoms with Crippen molar-refractivity contribution in [1.82, 2.24) is 9.55 Å². The number of Topliss-reactive ketones (excluding diaryl/α,β-unsaturated/α-hetero) is 1. The molecular formula is C19H19BrN2OS. The Hall–Kier alpha value is -1.59. The Morgan fingerprint density at radius 2 is 2.04 bits per heavy atom. The van der Waals surface area contributed by atoms with Gasteiger partial charge in [0.1, 0.15) is 0 Å². The summed E-state index contributed by atoms with van der Waals surface area (Å²) in [5, 5.41) is 0.924. The van der Waals surface area contributed by atoms with Crippen LogP contribution in [0.4, 0.5) is 0 Å². The van der Waals surface area contributed by atoms with Crippen LogP contribution in [0.3, 0.4) is 0 Å². The average molecular weight is 403 g/mol. The molecule has 0 amide bonds. The summed E-state index contributed by atoms with van der Waals surface area (Å²) in [6.07, 6.45) is 2.24. The number of nitrogens with zero attached hydrogens (tertiary/aromatic N) is 2. The molecule has 0 aliphatic rings. The van der Waals surface area contributed by atoms with Crippen LogP contribution in [0, 0.1) is 0 Å². The Kier molecular flexibility index (Phi) is 5.74. The lowest BCUT2D eigenvalue weighted by Gasteiger charge is -2.08. The first-order valence-corrected chi connectivity index (χ1v) is 9.83. The monoisotopic (exact) mass is 402 g/mol. The van der Waals surface area contributed by atoms with Gasteiger partial charge in [-0.3, -0.25) is 4.79 Å². The minimum atomic E-state index is 0.121. The predicted octanol–water partition coefficient (Wildman–Crippen LogP) is 5.57. The highest BCUT2D eigenvalue weighted by atomic mass is 79.9. The fourth-order valence-electron chi connectivity index (χ4n) is 2.57. The topological polar surface area (TPSA) is 34.9 Å². The van der Waals surface area contributed by atoms with E-state index in [1.807, 2.05) is 42.5 Å². The molecule has 0 spiro atoms. The van der Waals surface area contributed by atoms with E-state index in [4.69, 9.17) is 4.98 Å². The number of hydrogen-bond donors (Lipinski definition) is 0. The Morgan fingerprint density at radius 3 is 2.83 bits per heavy atom. The Bertz CT molecular complexity index is 859. The van der Waals surface area contributed by atoms with Crippen LogP contribution in [0.1, 0.15) is 30.1 Å². The van der Waals surface area contributed by atoms with E-state index in [0.29, 0.717) is 5.75 Å². The highest BCUT2D eigenvalue weighted by Gasteiger charge is 2.13. The lowest BCUT2D eigenvalue weighted by Crippen LogP contribution is -2.05. The van der Waals surface area contributed by atoms with E-state index in [9.17, 15) is 4.79 Å². The molecule has 0 atom stereocenters. The highest BCUT2D eigenvalue weighted by Crippen LogP contribution is 2.25. The zero-order valence-corrected chi connectivity index (χ0v) is 15.9. The van der Waals surface area contributed by atoms with Crippen LogP contribution < -0.4 is 0 Å². The minimum absolute atomic E-state index is 0.121. The number of aryl methyl sites for hydroxylation is 1. The quantitative estimate of drug-likeness (QED) is 0.382. The molecule has 1 aromatic heterocycles. The first kappa shape index (κ1) is 17.2. The maximum absolute atomic E-state index is 12.4. The first-order valence-electron chi connectivity index (χ1n) is 8.06. The first-order chi connectivity index (χ1) is 11.7. The predicted molar refractivity (Wildman–Crippen MR) is 104 cm³/mol. The van der Waals surface area contributed by atoms with Crippen LogP contribution in [0.5, 0.6) is 0 Å². The van der Waals surface area contributed by atoms with Crippen LogP contribution in [0.15, 0.2) is 58.2 Å². The molecule has 3 aromatic rings. The van der Waals surface area contributed by atoms with Crippen molar-refractivity contribution < 1.29 is 4.79 Å². The number of rotatable bonds is 7. The Morgan fingerprint density at radius 1 is 1.21 bits per heavy atom. The van der Waals surface area contributed by atoms with E-state index in [0.717, 1.165) is 45.6 Å². The zero-order valence-electron chi connectivity index (χ0n) is 13.5. The van der Waals surface area contributed by atoms with Crippen LogP contribution in [0.2, 0.25) is 0 Å². The number of imidazole rings is 1. The van der Waals surface area contributed by atoms with E-state index < -0.39 is 0 Å². The largest absolute Gasteiger partial charge is 0.319 e. The van der Waals surface area contributed by atoms with Gasteiger partial charge in [-0.05, 0) is 30.7 Å². The minimum Gasteiger partial charge on any atom is -0.319 e. The second kappa shape index (κ2) is 7.99. The summed E-state index contributed by atoms with van der Waals surface area (Å²) < 4.78 is 3.16. The molecule has 2 aromatic carbocycles. The van der Waals surface area contributed by atoms with Gasteiger partial charge in [-0.1, -0.05) is 65.3 Å². The third kappa shape index (κ3) is 3.90. The summed E-state index contributed by atoms with van der Waals surface area (Å²) in [7, 11) is 0. The number of halogens is 1. The van der Waals surface area contributed by atoms with E-state index in [2.05, 4.69) is 33.5 Å². The van der Waals surface area contributed by atoms with Gasteiger partial charge >= 0.3 is 0 Å². The molecule has 0 bridgehead atoms. The molecule has 0 saturated heterocycles. The van der Waals surface area contributed by atoms with Gasteiger partial charge in [0.2, 0.25) is 0 Å². The summed E-state index contributed by atoms with van der Waals surface area (Å²) >= 11 is 4.93. The summed E-state index contributed by atoms with van der Waals surface area (Å²) in [4.78, 5) is 17.1. The second-order valence-electron chi connectivity index (χ2n) is 5.61. The number of hydrogen-bond acceptors (Lipinski definition) is 3. The van der Waals surface area contributed by atoms with Gasteiger partial charge in [0.05, 0.1) is 16.8 Å². The summed E-state index contributed by atoms with van der Waals surface area (Å²) in [6, 6.07) is 15.7. The molecule has 124 valence electrons. The van der Waals surface area contributed by atoms with E-state index in [1.165, 1.54) is 11.8 Å². The zero-order chi connectivity index (χ0) is 16.9. The summed E-state index contributed by atoms with van der Waals surface area (Å²) in [5.41, 5.74) is 2.86. The molecule has 3 rings (SSSR count). The van der Waals surface area contributed by atoms with Crippen molar-refractivity contribution in [3.63, 3.8) is 0 Å². The number of aromatic nitrogens is 2. The Balaban J connectivity index is 1.80. The molecular weight excluding hydrogens is 384 g/mol. The fourth-order valence-corrected chi connectivity index (χ4v) is 3.91. The van der Waals surface area contributed by atoms with Crippen molar-refractivity contribution in [3.05, 3.63) is 58.6 Å². The fraction of sp³-hybridized carbons (Fsp3) is 0.263. The molecule has 0 aliphatic heterocycles. The van der Waals surface area contributed by atoms with Gasteiger partial charge in [-0.25, -0.2) is 4.98 Å². The number of thioether (sulfide) groups is 1. The maximum Gasteiger partial charge on any atom is 0.173 e. The molecule has 24 heavy (non-hydrogen) atoms. The smallest absolute Gasteiger partial charge is 0.173 e. The van der Waals surface area contributed by atoms with Gasteiger partial charge in [-0.15, -0.1) is 0 Å². The molecule has 0 unspecified atom stereocenters. The van der Waals surface area contributed by atoms with Crippen molar-refractivity contribution in [3.8, 4) is 0 Å². The van der Waals surface area contributed by atoms with Crippen molar-refractivity contribution >= 4 is 44.5 Å². The normalized spacial score (nSPS) is 11.1. The lowest BCUT2D eigenvalue weighted by atomic mass is 10.2. The number of unbranched alkanes of at least 4 members (excludes halogenated alkanes) is 1. The lowest BCUT2D eigenvalue weighted by molar-refractivity contribution is 0.102. The number of para-hydroxylation sites is 2. The molecule has 3 nitrogen and oxygen atoms in total. The summed E-state index contributed by atoms with van der Waals surface area (Å²) in [6.45, 7) is 3.12. The van der Waals surface area contributed by atoms with Gasteiger partial charge in [0.15, 0.2) is 10.9 Å². The third-order valence-electron chi connectivity index (χ3n) is 3.83. The number of fused-ring (bicyclic) bond motifs is 1. The molecule has 0 fully saturated rings. The standard InChI is InChI=1S/C19H19BrN2OS/c1-2-3-11-22-17-10-5-4-9-16(17)21-19(22)24-13-18(23)14-7-6-8-15(20)12-14/h4-10,12H,2-3,11,13H2,1H3. The highest BCUT2D eigenvalue weighted by molar-refractivity contribution is 9.10. The SMILES string of the molecule is CCCCn1c(SCC(=O)c2cccc(Br)c2)nc2ccccc21. The van der Waals surface area contributed by atoms with Gasteiger partial charge in [0.25, 0.3) is 0 Å². The van der Waals surface area contributed by atoms with Crippen molar-refractivity contribution in [1.29, 1.82) is 0 Å². The molecule has 0 saturated carbocycles. The average Bonchev–Trinajstić information content (AvgIpc) is 2.95. The number of ketones is 1. The molecule has 0 N–H and O–H groups in total. The molecule has 0 aliphatic carbocycles. The second-order valence-corrected chi connectivity index (χ2v) is 7.47. The van der Waals surface area contributed by atoms with Crippen molar-refractivity contribution in [2.75, 3.05) is 5.75 Å². The molecule has 0 radical (unpaired) electrons. The van der Waals surface area contributed by atoms with Crippen molar-refractivity contribution in [2.24, 2.45) is 0 Å². The van der Waals surface area contributed by atoms with Crippen LogP contribution in [0.25, 0.3) is 11.0 Å². The number of carbonyl (C=O) groups excluding carboxylic acids is 1. The van der Waals surface area contributed by atoms with Crippen LogP contribution >= 0.6 is 27.7 Å². The molecule has 5 heteroatoms.